The van der Waals surface area contributed by atoms with Gasteiger partial charge in [-0.1, -0.05) is 0 Å². The zero-order valence-corrected chi connectivity index (χ0v) is 11.1. The molecule has 104 valence electrons. The summed E-state index contributed by atoms with van der Waals surface area (Å²) in [5.74, 6) is 0.536. The van der Waals surface area contributed by atoms with Crippen LogP contribution in [-0.4, -0.2) is 53.0 Å². The minimum absolute atomic E-state index is 0.117. The highest BCUT2D eigenvalue weighted by atomic mass is 16.5. The molecule has 2 heterocycles. The van der Waals surface area contributed by atoms with Crippen molar-refractivity contribution in [2.24, 2.45) is 7.05 Å². The SMILES string of the molecule is COCC1CCCN1c1ncc(B(O)O)c(=O)n1C. The van der Waals surface area contributed by atoms with Crippen LogP contribution in [0.3, 0.4) is 0 Å². The monoisotopic (exact) mass is 267 g/mol. The second kappa shape index (κ2) is 5.73. The Labute approximate surface area is 111 Å². The maximum Gasteiger partial charge on any atom is 0.495 e. The third-order valence-electron chi connectivity index (χ3n) is 3.44. The first kappa shape index (κ1) is 14.0. The van der Waals surface area contributed by atoms with Crippen LogP contribution in [0.15, 0.2) is 11.0 Å². The van der Waals surface area contributed by atoms with Gasteiger partial charge in [0.25, 0.3) is 5.56 Å². The minimum atomic E-state index is -1.80. The highest BCUT2D eigenvalue weighted by Crippen LogP contribution is 2.22. The average molecular weight is 267 g/mol. The number of hydrogen-bond donors (Lipinski definition) is 2. The van der Waals surface area contributed by atoms with Gasteiger partial charge in [-0.3, -0.25) is 9.36 Å². The van der Waals surface area contributed by atoms with Crippen LogP contribution < -0.4 is 15.9 Å². The van der Waals surface area contributed by atoms with Crippen LogP contribution in [-0.2, 0) is 11.8 Å². The van der Waals surface area contributed by atoms with Crippen molar-refractivity contribution in [1.82, 2.24) is 9.55 Å². The van der Waals surface area contributed by atoms with Crippen LogP contribution in [0.5, 0.6) is 0 Å². The lowest BCUT2D eigenvalue weighted by Crippen LogP contribution is -2.48. The van der Waals surface area contributed by atoms with E-state index in [0.717, 1.165) is 19.4 Å². The predicted octanol–water partition coefficient (Wildman–Crippen LogP) is -1.92. The van der Waals surface area contributed by atoms with Gasteiger partial charge in [0, 0.05) is 26.9 Å². The molecule has 0 aliphatic carbocycles. The number of methoxy groups -OCH3 is 1. The Kier molecular flexibility index (Phi) is 4.23. The molecule has 7 nitrogen and oxygen atoms in total. The molecule has 0 amide bonds. The van der Waals surface area contributed by atoms with Crippen molar-refractivity contribution in [3.05, 3.63) is 16.6 Å². The topological polar surface area (TPSA) is 87.8 Å². The van der Waals surface area contributed by atoms with Crippen molar-refractivity contribution in [3.63, 3.8) is 0 Å². The van der Waals surface area contributed by atoms with Gasteiger partial charge >= 0.3 is 7.12 Å². The summed E-state index contributed by atoms with van der Waals surface area (Å²) < 4.78 is 6.52. The molecule has 0 radical (unpaired) electrons. The van der Waals surface area contributed by atoms with E-state index < -0.39 is 12.7 Å². The summed E-state index contributed by atoms with van der Waals surface area (Å²) in [7, 11) is 1.43. The molecule has 1 atom stereocenters. The largest absolute Gasteiger partial charge is 0.495 e. The second-order valence-electron chi connectivity index (χ2n) is 4.70. The zero-order valence-electron chi connectivity index (χ0n) is 11.1. The molecule has 1 aliphatic heterocycles. The number of hydrogen-bond acceptors (Lipinski definition) is 6. The second-order valence-corrected chi connectivity index (χ2v) is 4.70. The summed E-state index contributed by atoms with van der Waals surface area (Å²) in [6.45, 7) is 1.40. The Morgan fingerprint density at radius 2 is 2.32 bits per heavy atom. The molecule has 2 N–H and O–H groups in total. The summed E-state index contributed by atoms with van der Waals surface area (Å²) >= 11 is 0. The Morgan fingerprint density at radius 1 is 1.58 bits per heavy atom. The Bertz CT molecular complexity index is 505. The van der Waals surface area contributed by atoms with E-state index in [1.54, 1.807) is 14.2 Å². The maximum atomic E-state index is 12.0. The van der Waals surface area contributed by atoms with Crippen molar-refractivity contribution in [3.8, 4) is 0 Å². The summed E-state index contributed by atoms with van der Waals surface area (Å²) in [6.07, 6.45) is 3.24. The van der Waals surface area contributed by atoms with Gasteiger partial charge in [0.1, 0.15) is 0 Å². The van der Waals surface area contributed by atoms with Gasteiger partial charge in [-0.05, 0) is 12.8 Å². The first-order valence-electron chi connectivity index (χ1n) is 6.24. The molecule has 0 bridgehead atoms. The fourth-order valence-electron chi connectivity index (χ4n) is 2.46. The lowest BCUT2D eigenvalue weighted by molar-refractivity contribution is 0.180. The van der Waals surface area contributed by atoms with Gasteiger partial charge in [0.2, 0.25) is 5.95 Å². The molecule has 1 aliphatic rings. The number of ether oxygens (including phenoxy) is 1. The van der Waals surface area contributed by atoms with E-state index in [2.05, 4.69) is 4.98 Å². The Balaban J connectivity index is 2.35. The first-order valence-corrected chi connectivity index (χ1v) is 6.24. The highest BCUT2D eigenvalue weighted by molar-refractivity contribution is 6.58. The molecule has 2 rings (SSSR count). The van der Waals surface area contributed by atoms with E-state index in [9.17, 15) is 4.79 Å². The zero-order chi connectivity index (χ0) is 14.0. The molecule has 1 aromatic rings. The van der Waals surface area contributed by atoms with E-state index in [4.69, 9.17) is 14.8 Å². The Hall–Kier alpha value is -1.38. The third kappa shape index (κ3) is 2.65. The van der Waals surface area contributed by atoms with Crippen molar-refractivity contribution in [2.75, 3.05) is 25.2 Å². The summed E-state index contributed by atoms with van der Waals surface area (Å²) in [5, 5.41) is 18.2. The van der Waals surface area contributed by atoms with Gasteiger partial charge in [0.15, 0.2) is 0 Å². The quantitative estimate of drug-likeness (QED) is 0.618. The molecular formula is C11H18BN3O4. The number of rotatable bonds is 4. The molecule has 0 saturated carbocycles. The number of nitrogens with zero attached hydrogens (tertiary/aromatic N) is 3. The van der Waals surface area contributed by atoms with Crippen LogP contribution in [0.1, 0.15) is 12.8 Å². The van der Waals surface area contributed by atoms with Crippen molar-refractivity contribution < 1.29 is 14.8 Å². The van der Waals surface area contributed by atoms with E-state index in [0.29, 0.717) is 12.6 Å². The van der Waals surface area contributed by atoms with E-state index >= 15 is 0 Å². The molecule has 1 fully saturated rings. The minimum Gasteiger partial charge on any atom is -0.423 e. The lowest BCUT2D eigenvalue weighted by Gasteiger charge is -2.26. The normalized spacial score (nSPS) is 18.9. The Morgan fingerprint density at radius 3 is 2.95 bits per heavy atom. The summed E-state index contributed by atoms with van der Waals surface area (Å²) in [4.78, 5) is 18.2. The highest BCUT2D eigenvalue weighted by Gasteiger charge is 2.28. The lowest BCUT2D eigenvalue weighted by atomic mass is 9.82. The molecular weight excluding hydrogens is 249 g/mol. The number of anilines is 1. The first-order chi connectivity index (χ1) is 9.06. The van der Waals surface area contributed by atoms with Gasteiger partial charge in [-0.2, -0.15) is 0 Å². The smallest absolute Gasteiger partial charge is 0.423 e. The van der Waals surface area contributed by atoms with E-state index in [1.807, 2.05) is 4.90 Å². The molecule has 1 saturated heterocycles. The van der Waals surface area contributed by atoms with Crippen LogP contribution in [0, 0.1) is 0 Å². The van der Waals surface area contributed by atoms with E-state index in [1.165, 1.54) is 10.8 Å². The van der Waals surface area contributed by atoms with Crippen LogP contribution in [0.4, 0.5) is 5.95 Å². The summed E-state index contributed by atoms with van der Waals surface area (Å²) in [6, 6.07) is 0.202. The molecule has 8 heteroatoms. The van der Waals surface area contributed by atoms with E-state index in [-0.39, 0.29) is 11.5 Å². The standard InChI is InChI=1S/C11H18BN3O4/c1-14-10(16)9(12(17)18)6-13-11(14)15-5-3-4-8(15)7-19-2/h6,8,17-18H,3-5,7H2,1-2H3. The molecule has 1 unspecified atom stereocenters. The fraction of sp³-hybridized carbons (Fsp3) is 0.636. The third-order valence-corrected chi connectivity index (χ3v) is 3.44. The molecule has 0 aromatic carbocycles. The predicted molar refractivity (Wildman–Crippen MR) is 71.5 cm³/mol. The molecule has 0 spiro atoms. The van der Waals surface area contributed by atoms with Crippen molar-refractivity contribution in [1.29, 1.82) is 0 Å². The van der Waals surface area contributed by atoms with Crippen molar-refractivity contribution >= 4 is 18.5 Å². The fourth-order valence-corrected chi connectivity index (χ4v) is 2.46. The number of aromatic nitrogens is 2. The summed E-state index contributed by atoms with van der Waals surface area (Å²) in [5.41, 5.74) is -0.559. The maximum absolute atomic E-state index is 12.0. The average Bonchev–Trinajstić information content (AvgIpc) is 2.81. The van der Waals surface area contributed by atoms with Gasteiger partial charge in [-0.25, -0.2) is 4.98 Å². The van der Waals surface area contributed by atoms with Gasteiger partial charge in [-0.15, -0.1) is 0 Å². The molecule has 19 heavy (non-hydrogen) atoms. The van der Waals surface area contributed by atoms with Gasteiger partial charge < -0.3 is 19.7 Å². The van der Waals surface area contributed by atoms with Crippen LogP contribution in [0.2, 0.25) is 0 Å². The molecule has 1 aromatic heterocycles. The van der Waals surface area contributed by atoms with Crippen LogP contribution in [0.25, 0.3) is 0 Å². The van der Waals surface area contributed by atoms with Crippen LogP contribution >= 0.6 is 0 Å². The van der Waals surface area contributed by atoms with Gasteiger partial charge in [0.05, 0.1) is 18.1 Å². The van der Waals surface area contributed by atoms with Crippen molar-refractivity contribution in [2.45, 2.75) is 18.9 Å².